The Morgan fingerprint density at radius 1 is 1.00 bits per heavy atom. The summed E-state index contributed by atoms with van der Waals surface area (Å²) in [7, 11) is 0. The van der Waals surface area contributed by atoms with Crippen molar-refractivity contribution >= 4 is 17.0 Å². The first kappa shape index (κ1) is 21.6. The minimum atomic E-state index is -0.943. The molecule has 0 saturated heterocycles. The zero-order valence-electron chi connectivity index (χ0n) is 17.1. The largest absolute Gasteiger partial charge is 0.598 e. The summed E-state index contributed by atoms with van der Waals surface area (Å²) in [4.78, 5) is 0. The fraction of sp³-hybridized carbons (Fsp3) is 0.727. The second-order valence-corrected chi connectivity index (χ2v) is 10.8. The molecule has 0 spiro atoms. The Balaban J connectivity index is 1.64. The number of benzene rings is 1. The van der Waals surface area contributed by atoms with Gasteiger partial charge in [-0.05, 0) is 88.8 Å². The van der Waals surface area contributed by atoms with Crippen molar-refractivity contribution in [1.82, 2.24) is 4.72 Å². The summed E-state index contributed by atoms with van der Waals surface area (Å²) in [6, 6.07) is 8.97. The first-order valence-corrected chi connectivity index (χ1v) is 11.5. The van der Waals surface area contributed by atoms with E-state index in [1.807, 2.05) is 20.8 Å². The highest BCUT2D eigenvalue weighted by Crippen LogP contribution is 2.29. The van der Waals surface area contributed by atoms with Crippen LogP contribution < -0.4 is 10.0 Å². The number of unbranched alkanes of at least 4 members (excludes halogenated alkanes) is 1. The number of nitrogens with one attached hydrogen (secondary N) is 2. The van der Waals surface area contributed by atoms with Crippen molar-refractivity contribution in [3.05, 3.63) is 29.8 Å². The summed E-state index contributed by atoms with van der Waals surface area (Å²) in [5.74, 6) is 1.44. The molecule has 2 N–H and O–H groups in total. The van der Waals surface area contributed by atoms with E-state index in [0.717, 1.165) is 19.0 Å². The SMILES string of the molecule is CCCCc1ccc(NC[C@H]2CC[C@H](CN[S+]([O-])C(C)(C)C)CC2)cc1. The number of aryl methyl sites for hydroxylation is 1. The van der Waals surface area contributed by atoms with Crippen LogP contribution in [0.3, 0.4) is 0 Å². The van der Waals surface area contributed by atoms with Crippen LogP contribution in [0, 0.1) is 11.8 Å². The van der Waals surface area contributed by atoms with E-state index in [1.165, 1.54) is 56.2 Å². The molecule has 1 aliphatic rings. The summed E-state index contributed by atoms with van der Waals surface area (Å²) >= 11 is -0.943. The maximum atomic E-state index is 12.1. The molecule has 0 radical (unpaired) electrons. The Bertz CT molecular complexity index is 504. The molecule has 2 rings (SSSR count). The van der Waals surface area contributed by atoms with Crippen LogP contribution in [0.2, 0.25) is 0 Å². The number of hydrogen-bond acceptors (Lipinski definition) is 3. The molecule has 0 aliphatic heterocycles. The summed E-state index contributed by atoms with van der Waals surface area (Å²) in [6.45, 7) is 10.3. The van der Waals surface area contributed by atoms with Gasteiger partial charge in [-0.1, -0.05) is 25.5 Å². The van der Waals surface area contributed by atoms with E-state index < -0.39 is 11.4 Å². The van der Waals surface area contributed by atoms with Crippen molar-refractivity contribution in [3.8, 4) is 0 Å². The topological polar surface area (TPSA) is 47.1 Å². The van der Waals surface area contributed by atoms with Gasteiger partial charge in [0.1, 0.15) is 4.75 Å². The lowest BCUT2D eigenvalue weighted by Crippen LogP contribution is -2.42. The van der Waals surface area contributed by atoms with Crippen molar-refractivity contribution in [2.45, 2.75) is 77.4 Å². The lowest BCUT2D eigenvalue weighted by atomic mass is 9.82. The van der Waals surface area contributed by atoms with Gasteiger partial charge in [0.2, 0.25) is 0 Å². The van der Waals surface area contributed by atoms with Gasteiger partial charge in [-0.25, -0.2) is 0 Å². The van der Waals surface area contributed by atoms with E-state index in [0.29, 0.717) is 5.92 Å². The van der Waals surface area contributed by atoms with Crippen LogP contribution in [0.5, 0.6) is 0 Å². The highest BCUT2D eigenvalue weighted by molar-refractivity contribution is 7.90. The van der Waals surface area contributed by atoms with E-state index in [-0.39, 0.29) is 4.75 Å². The van der Waals surface area contributed by atoms with Gasteiger partial charge in [0.15, 0.2) is 0 Å². The van der Waals surface area contributed by atoms with E-state index in [4.69, 9.17) is 0 Å². The van der Waals surface area contributed by atoms with Gasteiger partial charge in [0.05, 0.1) is 0 Å². The number of hydrogen-bond donors (Lipinski definition) is 2. The molecule has 1 aromatic rings. The molecule has 26 heavy (non-hydrogen) atoms. The smallest absolute Gasteiger partial charge is 0.136 e. The highest BCUT2D eigenvalue weighted by Gasteiger charge is 2.28. The first-order valence-electron chi connectivity index (χ1n) is 10.4. The molecule has 1 fully saturated rings. The quantitative estimate of drug-likeness (QED) is 0.573. The third kappa shape index (κ3) is 7.50. The van der Waals surface area contributed by atoms with Crippen molar-refractivity contribution < 1.29 is 4.55 Å². The lowest BCUT2D eigenvalue weighted by Gasteiger charge is -2.30. The molecule has 0 heterocycles. The van der Waals surface area contributed by atoms with Crippen LogP contribution in [-0.4, -0.2) is 22.4 Å². The van der Waals surface area contributed by atoms with E-state index in [9.17, 15) is 4.55 Å². The van der Waals surface area contributed by atoms with Gasteiger partial charge >= 0.3 is 0 Å². The van der Waals surface area contributed by atoms with Crippen LogP contribution in [-0.2, 0) is 17.8 Å². The Kier molecular flexibility index (Phi) is 8.78. The molecule has 3 nitrogen and oxygen atoms in total. The van der Waals surface area contributed by atoms with Gasteiger partial charge in [0, 0.05) is 30.1 Å². The fourth-order valence-corrected chi connectivity index (χ4v) is 4.30. The zero-order valence-corrected chi connectivity index (χ0v) is 18.0. The minimum absolute atomic E-state index is 0.173. The molecule has 0 amide bonds. The average Bonchev–Trinajstić information content (AvgIpc) is 2.63. The Morgan fingerprint density at radius 2 is 1.58 bits per heavy atom. The van der Waals surface area contributed by atoms with E-state index >= 15 is 0 Å². The predicted octanol–water partition coefficient (Wildman–Crippen LogP) is 5.30. The third-order valence-electron chi connectivity index (χ3n) is 5.39. The lowest BCUT2D eigenvalue weighted by molar-refractivity contribution is 0.284. The Labute approximate surface area is 164 Å². The average molecular weight is 379 g/mol. The predicted molar refractivity (Wildman–Crippen MR) is 115 cm³/mol. The standard InChI is InChI=1S/C22H38N2OS/c1-5-6-7-18-12-14-21(15-13-18)23-16-19-8-10-20(11-9-19)17-24-26(25)22(2,3)4/h12-15,19-20,23-24H,5-11,16-17H2,1-4H3/t19-,20-,26?. The fourth-order valence-electron chi connectivity index (χ4n) is 3.48. The minimum Gasteiger partial charge on any atom is -0.598 e. The van der Waals surface area contributed by atoms with Crippen molar-refractivity contribution in [2.75, 3.05) is 18.4 Å². The molecule has 0 aromatic heterocycles. The first-order chi connectivity index (χ1) is 12.4. The van der Waals surface area contributed by atoms with Crippen LogP contribution in [0.15, 0.2) is 24.3 Å². The maximum absolute atomic E-state index is 12.1. The van der Waals surface area contributed by atoms with E-state index in [1.54, 1.807) is 0 Å². The summed E-state index contributed by atoms with van der Waals surface area (Å²) < 4.78 is 15.2. The number of anilines is 1. The van der Waals surface area contributed by atoms with Gasteiger partial charge in [0.25, 0.3) is 0 Å². The van der Waals surface area contributed by atoms with Crippen LogP contribution >= 0.6 is 0 Å². The molecule has 1 atom stereocenters. The number of rotatable bonds is 9. The normalized spacial score (nSPS) is 22.2. The molecular formula is C22H38N2OS. The molecule has 1 aromatic carbocycles. The summed E-state index contributed by atoms with van der Waals surface area (Å²) in [5.41, 5.74) is 2.69. The zero-order chi connectivity index (χ0) is 19.0. The van der Waals surface area contributed by atoms with Crippen LogP contribution in [0.25, 0.3) is 0 Å². The molecular weight excluding hydrogens is 340 g/mol. The second kappa shape index (κ2) is 10.6. The van der Waals surface area contributed by atoms with Gasteiger partial charge in [-0.2, -0.15) is 0 Å². The maximum Gasteiger partial charge on any atom is 0.136 e. The van der Waals surface area contributed by atoms with Crippen LogP contribution in [0.4, 0.5) is 5.69 Å². The van der Waals surface area contributed by atoms with Crippen molar-refractivity contribution in [1.29, 1.82) is 0 Å². The summed E-state index contributed by atoms with van der Waals surface area (Å²) in [6.07, 6.45) is 8.76. The molecule has 1 aliphatic carbocycles. The van der Waals surface area contributed by atoms with Crippen LogP contribution in [0.1, 0.15) is 71.8 Å². The van der Waals surface area contributed by atoms with Gasteiger partial charge in [-0.3, -0.25) is 0 Å². The van der Waals surface area contributed by atoms with Gasteiger partial charge in [-0.15, -0.1) is 4.72 Å². The third-order valence-corrected chi connectivity index (χ3v) is 6.93. The molecule has 148 valence electrons. The van der Waals surface area contributed by atoms with Gasteiger partial charge < -0.3 is 9.87 Å². The molecule has 1 saturated carbocycles. The van der Waals surface area contributed by atoms with Crippen molar-refractivity contribution in [3.63, 3.8) is 0 Å². The summed E-state index contributed by atoms with van der Waals surface area (Å²) in [5, 5.41) is 3.62. The monoisotopic (exact) mass is 378 g/mol. The highest BCUT2D eigenvalue weighted by atomic mass is 32.2. The second-order valence-electron chi connectivity index (χ2n) is 8.80. The molecule has 1 unspecified atom stereocenters. The molecule has 4 heteroatoms. The Hall–Kier alpha value is -0.710. The molecule has 0 bridgehead atoms. The van der Waals surface area contributed by atoms with Crippen molar-refractivity contribution in [2.24, 2.45) is 11.8 Å². The Morgan fingerprint density at radius 3 is 2.12 bits per heavy atom. The van der Waals surface area contributed by atoms with E-state index in [2.05, 4.69) is 41.2 Å².